The lowest BCUT2D eigenvalue weighted by molar-refractivity contribution is -0.114. The number of hydrogen-bond acceptors (Lipinski definition) is 2. The van der Waals surface area contributed by atoms with Crippen LogP contribution >= 0.6 is 0 Å². The molecule has 0 spiro atoms. The number of hydrogen-bond donors (Lipinski definition) is 2. The van der Waals surface area contributed by atoms with Gasteiger partial charge in [0.05, 0.1) is 0 Å². The van der Waals surface area contributed by atoms with E-state index in [1.165, 1.54) is 19.1 Å². The van der Waals surface area contributed by atoms with Gasteiger partial charge in [-0.25, -0.2) is 4.39 Å². The Balaban J connectivity index is 2.11. The van der Waals surface area contributed by atoms with Gasteiger partial charge in [0.2, 0.25) is 5.91 Å². The van der Waals surface area contributed by atoms with Gasteiger partial charge in [-0.05, 0) is 46.5 Å². The summed E-state index contributed by atoms with van der Waals surface area (Å²) in [5.74, 6) is -0.538. The van der Waals surface area contributed by atoms with Crippen molar-refractivity contribution in [3.63, 3.8) is 0 Å². The average Bonchev–Trinajstić information content (AvgIpc) is 2.62. The van der Waals surface area contributed by atoms with Crippen molar-refractivity contribution in [2.24, 2.45) is 0 Å². The Morgan fingerprint density at radius 3 is 2.47 bits per heavy atom. The van der Waals surface area contributed by atoms with E-state index in [9.17, 15) is 14.3 Å². The fourth-order valence-corrected chi connectivity index (χ4v) is 2.49. The van der Waals surface area contributed by atoms with Gasteiger partial charge >= 0.3 is 0 Å². The molecular formula is C15H12FNO2. The van der Waals surface area contributed by atoms with Gasteiger partial charge in [0.1, 0.15) is 11.9 Å². The van der Waals surface area contributed by atoms with Gasteiger partial charge in [-0.3, -0.25) is 4.79 Å². The van der Waals surface area contributed by atoms with Crippen molar-refractivity contribution in [1.82, 2.24) is 0 Å². The highest BCUT2D eigenvalue weighted by atomic mass is 19.1. The third-order valence-corrected chi connectivity index (χ3v) is 3.26. The van der Waals surface area contributed by atoms with Crippen molar-refractivity contribution in [3.8, 4) is 11.1 Å². The number of fused-ring (bicyclic) bond motifs is 3. The van der Waals surface area contributed by atoms with Gasteiger partial charge in [-0.1, -0.05) is 12.1 Å². The van der Waals surface area contributed by atoms with Crippen LogP contribution in [0.2, 0.25) is 0 Å². The zero-order chi connectivity index (χ0) is 13.6. The quantitative estimate of drug-likeness (QED) is 0.825. The Bertz CT molecular complexity index is 682. The first kappa shape index (κ1) is 11.9. The number of carbonyl (C=O) groups is 1. The third-order valence-electron chi connectivity index (χ3n) is 3.26. The number of rotatable bonds is 1. The van der Waals surface area contributed by atoms with Crippen LogP contribution in [0.4, 0.5) is 10.1 Å². The number of aliphatic hydroxyl groups excluding tert-OH is 1. The number of nitrogens with one attached hydrogen (secondary N) is 1. The lowest BCUT2D eigenvalue weighted by Gasteiger charge is -2.08. The van der Waals surface area contributed by atoms with Crippen LogP contribution in [-0.2, 0) is 4.79 Å². The maximum atomic E-state index is 13.2. The first-order valence-corrected chi connectivity index (χ1v) is 5.95. The van der Waals surface area contributed by atoms with E-state index in [0.717, 1.165) is 11.1 Å². The van der Waals surface area contributed by atoms with Gasteiger partial charge < -0.3 is 10.4 Å². The number of amides is 1. The molecule has 0 bridgehead atoms. The van der Waals surface area contributed by atoms with Gasteiger partial charge in [0, 0.05) is 12.6 Å². The Hall–Kier alpha value is -2.20. The molecular weight excluding hydrogens is 245 g/mol. The molecule has 3 rings (SSSR count). The van der Waals surface area contributed by atoms with Crippen LogP contribution in [0.25, 0.3) is 11.1 Å². The summed E-state index contributed by atoms with van der Waals surface area (Å²) in [6.45, 7) is 1.42. The van der Waals surface area contributed by atoms with E-state index >= 15 is 0 Å². The number of carbonyl (C=O) groups excluding carboxylic acids is 1. The number of anilines is 1. The standard InChI is InChI=1S/C15H12FNO2/c1-8(18)17-10-3-5-12-11-4-2-9(16)6-13(11)15(19)14(12)7-10/h2-7,15,19H,1H3,(H,17,18)/t15-/m1/s1. The van der Waals surface area contributed by atoms with Gasteiger partial charge in [0.25, 0.3) is 0 Å². The van der Waals surface area contributed by atoms with Crippen molar-refractivity contribution in [3.05, 3.63) is 53.3 Å². The van der Waals surface area contributed by atoms with Crippen LogP contribution in [0.3, 0.4) is 0 Å². The molecule has 0 saturated heterocycles. The van der Waals surface area contributed by atoms with Crippen LogP contribution in [-0.4, -0.2) is 11.0 Å². The first-order chi connectivity index (χ1) is 9.06. The van der Waals surface area contributed by atoms with E-state index in [1.807, 2.05) is 6.07 Å². The largest absolute Gasteiger partial charge is 0.384 e. The highest BCUT2D eigenvalue weighted by molar-refractivity contribution is 5.90. The molecule has 0 aliphatic heterocycles. The summed E-state index contributed by atoms with van der Waals surface area (Å²) in [4.78, 5) is 11.0. The zero-order valence-electron chi connectivity index (χ0n) is 10.3. The summed E-state index contributed by atoms with van der Waals surface area (Å²) in [6.07, 6.45) is -0.852. The van der Waals surface area contributed by atoms with Gasteiger partial charge in [-0.2, -0.15) is 0 Å². The topological polar surface area (TPSA) is 49.3 Å². The Morgan fingerprint density at radius 1 is 1.16 bits per heavy atom. The Labute approximate surface area is 109 Å². The lowest BCUT2D eigenvalue weighted by Crippen LogP contribution is -2.06. The number of aliphatic hydroxyl groups is 1. The fourth-order valence-electron chi connectivity index (χ4n) is 2.49. The molecule has 2 aromatic carbocycles. The maximum Gasteiger partial charge on any atom is 0.221 e. The van der Waals surface area contributed by atoms with E-state index in [2.05, 4.69) is 5.32 Å². The summed E-state index contributed by atoms with van der Waals surface area (Å²) in [5, 5.41) is 12.9. The number of benzene rings is 2. The van der Waals surface area contributed by atoms with Crippen molar-refractivity contribution in [2.75, 3.05) is 5.32 Å². The Kier molecular flexibility index (Phi) is 2.61. The highest BCUT2D eigenvalue weighted by Gasteiger charge is 2.27. The second kappa shape index (κ2) is 4.17. The summed E-state index contributed by atoms with van der Waals surface area (Å²) < 4.78 is 13.2. The van der Waals surface area contributed by atoms with Gasteiger partial charge in [0.15, 0.2) is 0 Å². The summed E-state index contributed by atoms with van der Waals surface area (Å²) in [5.41, 5.74) is 3.58. The molecule has 0 unspecified atom stereocenters. The van der Waals surface area contributed by atoms with Crippen molar-refractivity contribution < 1.29 is 14.3 Å². The van der Waals surface area contributed by atoms with E-state index in [1.54, 1.807) is 18.2 Å². The molecule has 0 saturated carbocycles. The van der Waals surface area contributed by atoms with Crippen LogP contribution in [0.5, 0.6) is 0 Å². The summed E-state index contributed by atoms with van der Waals surface area (Å²) >= 11 is 0. The lowest BCUT2D eigenvalue weighted by atomic mass is 10.1. The molecule has 2 aromatic rings. The van der Waals surface area contributed by atoms with E-state index in [4.69, 9.17) is 0 Å². The molecule has 4 heteroatoms. The average molecular weight is 257 g/mol. The van der Waals surface area contributed by atoms with Crippen LogP contribution in [0, 0.1) is 5.82 Å². The maximum absolute atomic E-state index is 13.2. The fraction of sp³-hybridized carbons (Fsp3) is 0.133. The molecule has 3 nitrogen and oxygen atoms in total. The molecule has 0 heterocycles. The van der Waals surface area contributed by atoms with E-state index < -0.39 is 6.10 Å². The number of halogens is 1. The Morgan fingerprint density at radius 2 is 1.79 bits per heavy atom. The zero-order valence-corrected chi connectivity index (χ0v) is 10.3. The first-order valence-electron chi connectivity index (χ1n) is 5.95. The molecule has 1 amide bonds. The molecule has 0 aromatic heterocycles. The molecule has 96 valence electrons. The van der Waals surface area contributed by atoms with Crippen LogP contribution < -0.4 is 5.32 Å². The molecule has 0 fully saturated rings. The van der Waals surface area contributed by atoms with Gasteiger partial charge in [-0.15, -0.1) is 0 Å². The minimum absolute atomic E-state index is 0.170. The second-order valence-electron chi connectivity index (χ2n) is 4.62. The molecule has 0 radical (unpaired) electrons. The smallest absolute Gasteiger partial charge is 0.221 e. The molecule has 1 aliphatic carbocycles. The minimum Gasteiger partial charge on any atom is -0.384 e. The van der Waals surface area contributed by atoms with E-state index in [0.29, 0.717) is 16.8 Å². The van der Waals surface area contributed by atoms with Crippen LogP contribution in [0.15, 0.2) is 36.4 Å². The molecule has 1 aliphatic rings. The predicted octanol–water partition coefficient (Wildman–Crippen LogP) is 2.85. The minimum atomic E-state index is -0.852. The molecule has 1 atom stereocenters. The summed E-state index contributed by atoms with van der Waals surface area (Å²) in [6, 6.07) is 9.70. The predicted molar refractivity (Wildman–Crippen MR) is 70.2 cm³/mol. The molecule has 19 heavy (non-hydrogen) atoms. The van der Waals surface area contributed by atoms with Crippen LogP contribution in [0.1, 0.15) is 24.2 Å². The third kappa shape index (κ3) is 1.90. The van der Waals surface area contributed by atoms with E-state index in [-0.39, 0.29) is 11.7 Å². The monoisotopic (exact) mass is 257 g/mol. The summed E-state index contributed by atoms with van der Waals surface area (Å²) in [7, 11) is 0. The molecule has 2 N–H and O–H groups in total. The normalized spacial score (nSPS) is 15.8. The highest BCUT2D eigenvalue weighted by Crippen LogP contribution is 2.44. The SMILES string of the molecule is CC(=O)Nc1ccc2c(c1)[C@H](O)c1cc(F)ccc1-2. The van der Waals surface area contributed by atoms with Crippen molar-refractivity contribution in [2.45, 2.75) is 13.0 Å². The van der Waals surface area contributed by atoms with Crippen molar-refractivity contribution in [1.29, 1.82) is 0 Å². The van der Waals surface area contributed by atoms with Crippen molar-refractivity contribution >= 4 is 11.6 Å². The second-order valence-corrected chi connectivity index (χ2v) is 4.62.